The summed E-state index contributed by atoms with van der Waals surface area (Å²) in [4.78, 5) is 2.63. The lowest BCUT2D eigenvalue weighted by atomic mass is 9.95. The number of aliphatic hydroxyl groups excluding tert-OH is 1. The predicted molar refractivity (Wildman–Crippen MR) is 81.0 cm³/mol. The van der Waals surface area contributed by atoms with Crippen LogP contribution >= 0.6 is 0 Å². The van der Waals surface area contributed by atoms with E-state index in [-0.39, 0.29) is 0 Å². The van der Waals surface area contributed by atoms with Gasteiger partial charge in [0.2, 0.25) is 0 Å². The van der Waals surface area contributed by atoms with Crippen molar-refractivity contribution in [2.75, 3.05) is 19.7 Å². The second kappa shape index (κ2) is 12.0. The van der Waals surface area contributed by atoms with E-state index in [0.29, 0.717) is 12.6 Å². The van der Waals surface area contributed by atoms with Crippen LogP contribution in [-0.2, 0) is 0 Å². The van der Waals surface area contributed by atoms with Gasteiger partial charge in [-0.3, -0.25) is 0 Å². The monoisotopic (exact) mass is 257 g/mol. The van der Waals surface area contributed by atoms with Gasteiger partial charge in [0, 0.05) is 19.2 Å². The fourth-order valence-electron chi connectivity index (χ4n) is 2.64. The van der Waals surface area contributed by atoms with Crippen LogP contribution in [-0.4, -0.2) is 35.7 Å². The van der Waals surface area contributed by atoms with Crippen LogP contribution in [0.2, 0.25) is 0 Å². The summed E-state index contributed by atoms with van der Waals surface area (Å²) in [7, 11) is 0. The minimum atomic E-state index is 0.354. The molecule has 0 fully saturated rings. The van der Waals surface area contributed by atoms with E-state index < -0.39 is 0 Å². The lowest BCUT2D eigenvalue weighted by molar-refractivity contribution is 0.175. The third-order valence-corrected chi connectivity index (χ3v) is 3.70. The highest BCUT2D eigenvalue weighted by Gasteiger charge is 2.15. The van der Waals surface area contributed by atoms with Gasteiger partial charge < -0.3 is 10.0 Å². The summed E-state index contributed by atoms with van der Waals surface area (Å²) >= 11 is 0. The standard InChI is InChI=1S/C16H35NO/c1-5-10-16(11-8-7-9-13-18)14-17(12-6-2)15(3)4/h15-16,18H,5-14H2,1-4H3/t16-/m1/s1. The molecule has 0 radical (unpaired) electrons. The molecule has 0 heterocycles. The molecule has 0 saturated heterocycles. The van der Waals surface area contributed by atoms with Crippen molar-refractivity contribution >= 4 is 0 Å². The van der Waals surface area contributed by atoms with Crippen LogP contribution < -0.4 is 0 Å². The molecule has 0 saturated carbocycles. The van der Waals surface area contributed by atoms with Crippen LogP contribution in [0, 0.1) is 5.92 Å². The minimum Gasteiger partial charge on any atom is -0.396 e. The van der Waals surface area contributed by atoms with Gasteiger partial charge in [0.05, 0.1) is 0 Å². The van der Waals surface area contributed by atoms with E-state index in [2.05, 4.69) is 32.6 Å². The number of hydrogen-bond acceptors (Lipinski definition) is 2. The molecule has 0 amide bonds. The van der Waals surface area contributed by atoms with Gasteiger partial charge in [0.25, 0.3) is 0 Å². The first-order valence-electron chi connectivity index (χ1n) is 8.00. The molecule has 0 aliphatic carbocycles. The molecular weight excluding hydrogens is 222 g/mol. The SMILES string of the molecule is CCC[C@H](CCCCCO)CN(CCC)C(C)C. The van der Waals surface area contributed by atoms with Crippen LogP contribution in [0.4, 0.5) is 0 Å². The van der Waals surface area contributed by atoms with Gasteiger partial charge in [-0.15, -0.1) is 0 Å². The lowest BCUT2D eigenvalue weighted by Crippen LogP contribution is -2.36. The number of aliphatic hydroxyl groups is 1. The first-order valence-corrected chi connectivity index (χ1v) is 8.00. The second-order valence-electron chi connectivity index (χ2n) is 5.82. The molecule has 0 aliphatic rings. The van der Waals surface area contributed by atoms with Gasteiger partial charge in [-0.1, -0.05) is 33.1 Å². The van der Waals surface area contributed by atoms with E-state index in [9.17, 15) is 0 Å². The second-order valence-corrected chi connectivity index (χ2v) is 5.82. The minimum absolute atomic E-state index is 0.354. The Hall–Kier alpha value is -0.0800. The summed E-state index contributed by atoms with van der Waals surface area (Å²) in [5, 5.41) is 8.81. The smallest absolute Gasteiger partial charge is 0.0431 e. The van der Waals surface area contributed by atoms with Gasteiger partial charge in [0.15, 0.2) is 0 Å². The van der Waals surface area contributed by atoms with Crippen molar-refractivity contribution in [1.82, 2.24) is 4.90 Å². The van der Waals surface area contributed by atoms with Crippen LogP contribution in [0.25, 0.3) is 0 Å². The predicted octanol–water partition coefficient (Wildman–Crippen LogP) is 4.08. The Morgan fingerprint density at radius 2 is 1.67 bits per heavy atom. The molecule has 0 spiro atoms. The maximum Gasteiger partial charge on any atom is 0.0431 e. The van der Waals surface area contributed by atoms with Gasteiger partial charge in [-0.2, -0.15) is 0 Å². The van der Waals surface area contributed by atoms with Crippen molar-refractivity contribution in [3.8, 4) is 0 Å². The van der Waals surface area contributed by atoms with Crippen LogP contribution in [0.15, 0.2) is 0 Å². The van der Waals surface area contributed by atoms with E-state index in [4.69, 9.17) is 5.11 Å². The summed E-state index contributed by atoms with van der Waals surface area (Å²) in [5.41, 5.74) is 0. The molecule has 110 valence electrons. The van der Waals surface area contributed by atoms with Crippen molar-refractivity contribution in [3.63, 3.8) is 0 Å². The third kappa shape index (κ3) is 8.93. The van der Waals surface area contributed by atoms with Crippen molar-refractivity contribution in [2.45, 2.75) is 78.7 Å². The van der Waals surface area contributed by atoms with Crippen LogP contribution in [0.1, 0.15) is 72.6 Å². The number of rotatable bonds is 12. The molecule has 0 unspecified atom stereocenters. The Bertz CT molecular complexity index is 170. The summed E-state index contributed by atoms with van der Waals surface area (Å²) in [6.07, 6.45) is 8.67. The normalized spacial score (nSPS) is 13.5. The zero-order valence-electron chi connectivity index (χ0n) is 13.1. The first-order chi connectivity index (χ1) is 8.65. The molecular formula is C16H35NO. The molecule has 0 bridgehead atoms. The van der Waals surface area contributed by atoms with Crippen molar-refractivity contribution in [3.05, 3.63) is 0 Å². The molecule has 2 heteroatoms. The molecule has 1 atom stereocenters. The molecule has 0 aromatic heterocycles. The van der Waals surface area contributed by atoms with E-state index in [1.54, 1.807) is 0 Å². The molecule has 2 nitrogen and oxygen atoms in total. The Morgan fingerprint density at radius 3 is 2.17 bits per heavy atom. The van der Waals surface area contributed by atoms with E-state index in [0.717, 1.165) is 12.3 Å². The fraction of sp³-hybridized carbons (Fsp3) is 1.00. The van der Waals surface area contributed by atoms with Gasteiger partial charge in [0.1, 0.15) is 0 Å². The summed E-state index contributed by atoms with van der Waals surface area (Å²) in [6, 6.07) is 0.668. The highest BCUT2D eigenvalue weighted by molar-refractivity contribution is 4.69. The largest absolute Gasteiger partial charge is 0.396 e. The van der Waals surface area contributed by atoms with Crippen molar-refractivity contribution in [1.29, 1.82) is 0 Å². The topological polar surface area (TPSA) is 23.5 Å². The molecule has 18 heavy (non-hydrogen) atoms. The van der Waals surface area contributed by atoms with Gasteiger partial charge in [-0.05, 0) is 52.0 Å². The summed E-state index contributed by atoms with van der Waals surface area (Å²) < 4.78 is 0. The number of hydrogen-bond donors (Lipinski definition) is 1. The highest BCUT2D eigenvalue weighted by Crippen LogP contribution is 2.18. The van der Waals surface area contributed by atoms with E-state index >= 15 is 0 Å². The Balaban J connectivity index is 4.04. The van der Waals surface area contributed by atoms with Crippen molar-refractivity contribution < 1.29 is 5.11 Å². The third-order valence-electron chi connectivity index (χ3n) is 3.70. The number of unbranched alkanes of at least 4 members (excludes halogenated alkanes) is 2. The quantitative estimate of drug-likeness (QED) is 0.533. The zero-order chi connectivity index (χ0) is 13.8. The summed E-state index contributed by atoms with van der Waals surface area (Å²) in [6.45, 7) is 12.0. The van der Waals surface area contributed by atoms with E-state index in [1.807, 2.05) is 0 Å². The Labute approximate surface area is 115 Å². The molecule has 0 aromatic rings. The Morgan fingerprint density at radius 1 is 0.944 bits per heavy atom. The Kier molecular flexibility index (Phi) is 11.9. The maximum atomic E-state index is 8.81. The average molecular weight is 257 g/mol. The average Bonchev–Trinajstić information content (AvgIpc) is 2.33. The number of nitrogens with zero attached hydrogens (tertiary/aromatic N) is 1. The lowest BCUT2D eigenvalue weighted by Gasteiger charge is -2.30. The molecule has 0 rings (SSSR count). The van der Waals surface area contributed by atoms with E-state index in [1.165, 1.54) is 51.6 Å². The first kappa shape index (κ1) is 17.9. The van der Waals surface area contributed by atoms with Crippen molar-refractivity contribution in [2.24, 2.45) is 5.92 Å². The maximum absolute atomic E-state index is 8.81. The molecule has 1 N–H and O–H groups in total. The molecule has 0 aromatic carbocycles. The molecule has 0 aliphatic heterocycles. The van der Waals surface area contributed by atoms with Gasteiger partial charge in [-0.25, -0.2) is 0 Å². The zero-order valence-corrected chi connectivity index (χ0v) is 13.1. The van der Waals surface area contributed by atoms with Gasteiger partial charge >= 0.3 is 0 Å². The van der Waals surface area contributed by atoms with Crippen LogP contribution in [0.3, 0.4) is 0 Å². The van der Waals surface area contributed by atoms with Crippen LogP contribution in [0.5, 0.6) is 0 Å². The summed E-state index contributed by atoms with van der Waals surface area (Å²) in [5.74, 6) is 0.850. The fourth-order valence-corrected chi connectivity index (χ4v) is 2.64. The highest BCUT2D eigenvalue weighted by atomic mass is 16.2.